The molecule has 1 heterocycles. The predicted octanol–water partition coefficient (Wildman–Crippen LogP) is 0.848. The molecule has 6 heteroatoms. The van der Waals surface area contributed by atoms with E-state index in [4.69, 9.17) is 11.6 Å². The van der Waals surface area contributed by atoms with Crippen molar-refractivity contribution in [3.8, 4) is 0 Å². The standard InChI is InChI=1S/C10H16ClFN2O2/c1-7(2)9(15)13-3-5-14(6-4-13)10(16)8(11)12/h7-8H,3-6H2,1-2H3. The Morgan fingerprint density at radius 1 is 1.06 bits per heavy atom. The summed E-state index contributed by atoms with van der Waals surface area (Å²) in [5.41, 5.74) is -1.98. The molecule has 0 radical (unpaired) electrons. The Morgan fingerprint density at radius 3 is 1.75 bits per heavy atom. The van der Waals surface area contributed by atoms with Gasteiger partial charge in [0.2, 0.25) is 5.91 Å². The molecule has 1 saturated heterocycles. The van der Waals surface area contributed by atoms with E-state index in [0.29, 0.717) is 26.2 Å². The van der Waals surface area contributed by atoms with Crippen molar-refractivity contribution in [2.24, 2.45) is 5.92 Å². The zero-order valence-corrected chi connectivity index (χ0v) is 10.2. The SMILES string of the molecule is CC(C)C(=O)N1CCN(C(=O)C(F)Cl)CC1. The molecule has 0 N–H and O–H groups in total. The van der Waals surface area contributed by atoms with Gasteiger partial charge >= 0.3 is 0 Å². The van der Waals surface area contributed by atoms with Crippen molar-refractivity contribution in [2.75, 3.05) is 26.2 Å². The normalized spacial score (nSPS) is 18.8. The number of nitrogens with zero attached hydrogens (tertiary/aromatic N) is 2. The molecule has 16 heavy (non-hydrogen) atoms. The molecule has 1 fully saturated rings. The molecule has 0 aliphatic carbocycles. The highest BCUT2D eigenvalue weighted by Crippen LogP contribution is 2.10. The van der Waals surface area contributed by atoms with E-state index in [9.17, 15) is 14.0 Å². The fourth-order valence-corrected chi connectivity index (χ4v) is 1.79. The minimum Gasteiger partial charge on any atom is -0.339 e. The Labute approximate surface area is 99.3 Å². The van der Waals surface area contributed by atoms with Gasteiger partial charge in [-0.3, -0.25) is 9.59 Å². The van der Waals surface area contributed by atoms with E-state index < -0.39 is 11.5 Å². The lowest BCUT2D eigenvalue weighted by Gasteiger charge is -2.35. The van der Waals surface area contributed by atoms with E-state index in [1.165, 1.54) is 4.90 Å². The summed E-state index contributed by atoms with van der Waals surface area (Å²) in [6.07, 6.45) is 0. The van der Waals surface area contributed by atoms with Gasteiger partial charge < -0.3 is 9.80 Å². The number of hydrogen-bond acceptors (Lipinski definition) is 2. The average molecular weight is 251 g/mol. The van der Waals surface area contributed by atoms with E-state index in [1.807, 2.05) is 13.8 Å². The van der Waals surface area contributed by atoms with Gasteiger partial charge in [0, 0.05) is 32.1 Å². The van der Waals surface area contributed by atoms with Gasteiger partial charge in [0.15, 0.2) is 0 Å². The van der Waals surface area contributed by atoms with Gasteiger partial charge in [-0.05, 0) is 0 Å². The van der Waals surface area contributed by atoms with Crippen molar-refractivity contribution >= 4 is 23.4 Å². The first-order valence-electron chi connectivity index (χ1n) is 5.29. The summed E-state index contributed by atoms with van der Waals surface area (Å²) < 4.78 is 12.6. The van der Waals surface area contributed by atoms with Gasteiger partial charge in [0.05, 0.1) is 0 Å². The third-order valence-electron chi connectivity index (χ3n) is 2.58. The highest BCUT2D eigenvalue weighted by molar-refractivity contribution is 6.29. The van der Waals surface area contributed by atoms with Crippen LogP contribution >= 0.6 is 11.6 Å². The van der Waals surface area contributed by atoms with E-state index in [2.05, 4.69) is 0 Å². The Balaban J connectivity index is 2.45. The molecule has 1 atom stereocenters. The van der Waals surface area contributed by atoms with Crippen molar-refractivity contribution in [2.45, 2.75) is 19.5 Å². The molecule has 0 aromatic rings. The van der Waals surface area contributed by atoms with Crippen LogP contribution in [0.25, 0.3) is 0 Å². The molecule has 0 aromatic carbocycles. The third-order valence-corrected chi connectivity index (χ3v) is 2.77. The minimum absolute atomic E-state index is 0.0517. The van der Waals surface area contributed by atoms with Crippen LogP contribution in [0.4, 0.5) is 4.39 Å². The van der Waals surface area contributed by atoms with Crippen LogP contribution in [0.5, 0.6) is 0 Å². The van der Waals surface area contributed by atoms with E-state index in [0.717, 1.165) is 0 Å². The largest absolute Gasteiger partial charge is 0.339 e. The van der Waals surface area contributed by atoms with Crippen LogP contribution in [0.1, 0.15) is 13.8 Å². The maximum absolute atomic E-state index is 12.6. The Bertz CT molecular complexity index is 248. The van der Waals surface area contributed by atoms with Crippen molar-refractivity contribution in [3.05, 3.63) is 0 Å². The maximum Gasteiger partial charge on any atom is 0.272 e. The van der Waals surface area contributed by atoms with Gasteiger partial charge in [0.25, 0.3) is 11.5 Å². The summed E-state index contributed by atoms with van der Waals surface area (Å²) in [4.78, 5) is 25.9. The first-order chi connectivity index (χ1) is 7.43. The molecule has 1 unspecified atom stereocenters. The first-order valence-corrected chi connectivity index (χ1v) is 5.73. The maximum atomic E-state index is 12.6. The van der Waals surface area contributed by atoms with Crippen LogP contribution in [0.2, 0.25) is 0 Å². The van der Waals surface area contributed by atoms with Crippen molar-refractivity contribution < 1.29 is 14.0 Å². The van der Waals surface area contributed by atoms with Gasteiger partial charge in [-0.25, -0.2) is 4.39 Å². The van der Waals surface area contributed by atoms with Crippen LogP contribution < -0.4 is 0 Å². The quantitative estimate of drug-likeness (QED) is 0.682. The van der Waals surface area contributed by atoms with Crippen LogP contribution in [0.3, 0.4) is 0 Å². The van der Waals surface area contributed by atoms with Crippen molar-refractivity contribution in [3.63, 3.8) is 0 Å². The summed E-state index contributed by atoms with van der Waals surface area (Å²) in [5, 5.41) is 0. The fraction of sp³-hybridized carbons (Fsp3) is 0.800. The second-order valence-corrected chi connectivity index (χ2v) is 4.49. The summed E-state index contributed by atoms with van der Waals surface area (Å²) in [6, 6.07) is 0. The van der Waals surface area contributed by atoms with Gasteiger partial charge in [0.1, 0.15) is 0 Å². The number of carbonyl (C=O) groups excluding carboxylic acids is 2. The minimum atomic E-state index is -1.98. The first kappa shape index (κ1) is 13.2. The molecule has 0 spiro atoms. The smallest absolute Gasteiger partial charge is 0.272 e. The van der Waals surface area contributed by atoms with Crippen LogP contribution in [0, 0.1) is 5.92 Å². The lowest BCUT2D eigenvalue weighted by atomic mass is 10.1. The number of hydrogen-bond donors (Lipinski definition) is 0. The van der Waals surface area contributed by atoms with Crippen molar-refractivity contribution in [1.29, 1.82) is 0 Å². The monoisotopic (exact) mass is 250 g/mol. The molecule has 2 amide bonds. The molecular weight excluding hydrogens is 235 g/mol. The molecule has 1 aliphatic heterocycles. The fourth-order valence-electron chi connectivity index (χ4n) is 1.65. The highest BCUT2D eigenvalue weighted by atomic mass is 35.5. The zero-order valence-electron chi connectivity index (χ0n) is 9.45. The molecule has 92 valence electrons. The van der Waals surface area contributed by atoms with Crippen LogP contribution in [0.15, 0.2) is 0 Å². The van der Waals surface area contributed by atoms with Gasteiger partial charge in [-0.1, -0.05) is 25.4 Å². The number of rotatable bonds is 2. The third kappa shape index (κ3) is 3.07. The summed E-state index contributed by atoms with van der Waals surface area (Å²) in [6.45, 7) is 5.26. The predicted molar refractivity (Wildman–Crippen MR) is 58.7 cm³/mol. The van der Waals surface area contributed by atoms with Crippen LogP contribution in [-0.2, 0) is 9.59 Å². The molecular formula is C10H16ClFN2O2. The Hall–Kier alpha value is -0.840. The number of amides is 2. The summed E-state index contributed by atoms with van der Waals surface area (Å²) in [5.74, 6) is -0.697. The van der Waals surface area contributed by atoms with Gasteiger partial charge in [-0.2, -0.15) is 0 Å². The number of carbonyl (C=O) groups is 2. The number of halogens is 2. The second-order valence-electron chi connectivity index (χ2n) is 4.11. The molecule has 0 saturated carbocycles. The molecule has 0 bridgehead atoms. The van der Waals surface area contributed by atoms with Crippen LogP contribution in [-0.4, -0.2) is 53.4 Å². The molecule has 1 rings (SSSR count). The van der Waals surface area contributed by atoms with E-state index in [1.54, 1.807) is 4.90 Å². The molecule has 0 aromatic heterocycles. The van der Waals surface area contributed by atoms with Crippen molar-refractivity contribution in [1.82, 2.24) is 9.80 Å². The Morgan fingerprint density at radius 2 is 1.44 bits per heavy atom. The Kier molecular flexibility index (Phi) is 4.53. The van der Waals surface area contributed by atoms with E-state index >= 15 is 0 Å². The topological polar surface area (TPSA) is 40.6 Å². The van der Waals surface area contributed by atoms with E-state index in [-0.39, 0.29) is 11.8 Å². The summed E-state index contributed by atoms with van der Waals surface area (Å²) >= 11 is 5.07. The van der Waals surface area contributed by atoms with Gasteiger partial charge in [-0.15, -0.1) is 0 Å². The molecule has 1 aliphatic rings. The second kappa shape index (κ2) is 5.48. The lowest BCUT2D eigenvalue weighted by molar-refractivity contribution is -0.142. The summed E-state index contributed by atoms with van der Waals surface area (Å²) in [7, 11) is 0. The number of alkyl halides is 2. The zero-order chi connectivity index (χ0) is 12.3. The molecule has 4 nitrogen and oxygen atoms in total. The highest BCUT2D eigenvalue weighted by Gasteiger charge is 2.28. The number of piperazine rings is 1. The average Bonchev–Trinajstić information content (AvgIpc) is 2.27. The lowest BCUT2D eigenvalue weighted by Crippen LogP contribution is -2.52.